The second-order valence-corrected chi connectivity index (χ2v) is 5.94. The normalized spacial score (nSPS) is 10.4. The average Bonchev–Trinajstić information content (AvgIpc) is 2.93. The fraction of sp³-hybridized carbons (Fsp3) is 0.316. The van der Waals surface area contributed by atoms with E-state index >= 15 is 0 Å². The van der Waals surface area contributed by atoms with Crippen LogP contribution >= 0.6 is 0 Å². The maximum atomic E-state index is 12.8. The summed E-state index contributed by atoms with van der Waals surface area (Å²) in [5.74, 6) is -2.08. The minimum atomic E-state index is -0.595. The van der Waals surface area contributed by atoms with Gasteiger partial charge in [-0.05, 0) is 51.1 Å². The lowest BCUT2D eigenvalue weighted by molar-refractivity contribution is -0.126. The van der Waals surface area contributed by atoms with E-state index in [0.29, 0.717) is 11.3 Å². The average molecular weight is 375 g/mol. The number of carbonyl (C=O) groups is 3. The number of benzene rings is 1. The number of anilines is 1. The van der Waals surface area contributed by atoms with Crippen molar-refractivity contribution in [3.05, 3.63) is 53.1 Å². The van der Waals surface area contributed by atoms with Crippen LogP contribution in [-0.4, -0.2) is 35.5 Å². The van der Waals surface area contributed by atoms with E-state index in [1.54, 1.807) is 6.07 Å². The smallest absolute Gasteiger partial charge is 0.340 e. The first kappa shape index (κ1) is 20.2. The van der Waals surface area contributed by atoms with Crippen molar-refractivity contribution in [1.29, 1.82) is 0 Å². The van der Waals surface area contributed by atoms with Crippen LogP contribution in [0.25, 0.3) is 0 Å². The molecule has 8 heteroatoms. The molecule has 0 radical (unpaired) electrons. The molecular weight excluding hydrogens is 353 g/mol. The number of nitrogens with one attached hydrogen (secondary N) is 2. The molecule has 2 rings (SSSR count). The number of halogens is 1. The Labute approximate surface area is 156 Å². The molecule has 0 fully saturated rings. The lowest BCUT2D eigenvalue weighted by atomic mass is 10.2. The van der Waals surface area contributed by atoms with Gasteiger partial charge in [-0.1, -0.05) is 0 Å². The van der Waals surface area contributed by atoms with Gasteiger partial charge in [-0.3, -0.25) is 9.59 Å². The first-order valence-corrected chi connectivity index (χ1v) is 8.47. The molecule has 0 aliphatic heterocycles. The van der Waals surface area contributed by atoms with Gasteiger partial charge in [-0.25, -0.2) is 9.18 Å². The minimum Gasteiger partial charge on any atom is -0.452 e. The predicted octanol–water partition coefficient (Wildman–Crippen LogP) is 2.18. The van der Waals surface area contributed by atoms with Crippen LogP contribution in [-0.2, 0) is 20.9 Å². The van der Waals surface area contributed by atoms with E-state index in [-0.39, 0.29) is 6.54 Å². The van der Waals surface area contributed by atoms with Gasteiger partial charge in [0.2, 0.25) is 5.91 Å². The number of hydrogen-bond donors (Lipinski definition) is 2. The van der Waals surface area contributed by atoms with Crippen LogP contribution in [0.3, 0.4) is 0 Å². The summed E-state index contributed by atoms with van der Waals surface area (Å²) in [5, 5.41) is 4.86. The van der Waals surface area contributed by atoms with Crippen LogP contribution < -0.4 is 10.6 Å². The number of amides is 2. The predicted molar refractivity (Wildman–Crippen MR) is 97.9 cm³/mol. The molecule has 0 aliphatic carbocycles. The fourth-order valence-corrected chi connectivity index (χ4v) is 2.67. The van der Waals surface area contributed by atoms with Gasteiger partial charge in [0.1, 0.15) is 5.82 Å². The SMILES string of the molecule is CCn1c(C)cc(C(=O)OCC(=O)NCC(=O)Nc2ccc(F)cc2)c1C. The molecule has 144 valence electrons. The van der Waals surface area contributed by atoms with Crippen molar-refractivity contribution in [3.63, 3.8) is 0 Å². The third-order valence-electron chi connectivity index (χ3n) is 4.02. The Kier molecular flexibility index (Phi) is 6.70. The Morgan fingerprint density at radius 2 is 1.78 bits per heavy atom. The zero-order valence-corrected chi connectivity index (χ0v) is 15.5. The van der Waals surface area contributed by atoms with Crippen LogP contribution in [0.15, 0.2) is 30.3 Å². The molecule has 2 N–H and O–H groups in total. The second kappa shape index (κ2) is 8.98. The Morgan fingerprint density at radius 3 is 2.37 bits per heavy atom. The number of ether oxygens (including phenoxy) is 1. The first-order valence-electron chi connectivity index (χ1n) is 8.47. The summed E-state index contributed by atoms with van der Waals surface area (Å²) in [6, 6.07) is 6.95. The highest BCUT2D eigenvalue weighted by Gasteiger charge is 2.17. The van der Waals surface area contributed by atoms with Crippen LogP contribution in [0.2, 0.25) is 0 Å². The number of aryl methyl sites for hydroxylation is 1. The summed E-state index contributed by atoms with van der Waals surface area (Å²) in [5.41, 5.74) is 2.53. The van der Waals surface area contributed by atoms with E-state index in [4.69, 9.17) is 4.74 Å². The highest BCUT2D eigenvalue weighted by molar-refractivity contribution is 5.95. The standard InChI is InChI=1S/C19H22FN3O4/c1-4-23-12(2)9-16(13(23)3)19(26)27-11-18(25)21-10-17(24)22-15-7-5-14(20)6-8-15/h5-9H,4,10-11H2,1-3H3,(H,21,25)(H,22,24). The van der Waals surface area contributed by atoms with Crippen molar-refractivity contribution in [2.45, 2.75) is 27.3 Å². The summed E-state index contributed by atoms with van der Waals surface area (Å²) >= 11 is 0. The molecule has 0 unspecified atom stereocenters. The fourth-order valence-electron chi connectivity index (χ4n) is 2.67. The Morgan fingerprint density at radius 1 is 1.11 bits per heavy atom. The first-order chi connectivity index (χ1) is 12.8. The van der Waals surface area contributed by atoms with Crippen LogP contribution in [0.5, 0.6) is 0 Å². The van der Waals surface area contributed by atoms with Gasteiger partial charge in [-0.15, -0.1) is 0 Å². The van der Waals surface area contributed by atoms with Crippen LogP contribution in [0.4, 0.5) is 10.1 Å². The van der Waals surface area contributed by atoms with Crippen LogP contribution in [0.1, 0.15) is 28.7 Å². The van der Waals surface area contributed by atoms with E-state index < -0.39 is 30.2 Å². The van der Waals surface area contributed by atoms with E-state index in [1.165, 1.54) is 24.3 Å². The van der Waals surface area contributed by atoms with Gasteiger partial charge in [-0.2, -0.15) is 0 Å². The van der Waals surface area contributed by atoms with Gasteiger partial charge in [0.15, 0.2) is 6.61 Å². The minimum absolute atomic E-state index is 0.294. The highest BCUT2D eigenvalue weighted by atomic mass is 19.1. The maximum absolute atomic E-state index is 12.8. The molecule has 0 spiro atoms. The molecule has 1 heterocycles. The van der Waals surface area contributed by atoms with Gasteiger partial charge in [0.25, 0.3) is 5.91 Å². The Hall–Kier alpha value is -3.16. The summed E-state index contributed by atoms with van der Waals surface area (Å²) in [7, 11) is 0. The molecule has 27 heavy (non-hydrogen) atoms. The molecule has 0 saturated heterocycles. The molecule has 7 nitrogen and oxygen atoms in total. The number of hydrogen-bond acceptors (Lipinski definition) is 4. The van der Waals surface area contributed by atoms with Gasteiger partial charge >= 0.3 is 5.97 Å². The second-order valence-electron chi connectivity index (χ2n) is 5.94. The molecule has 0 aliphatic rings. The lowest BCUT2D eigenvalue weighted by Gasteiger charge is -2.08. The molecule has 0 atom stereocenters. The molecule has 0 saturated carbocycles. The molecule has 2 aromatic rings. The van der Waals surface area contributed by atoms with E-state index in [9.17, 15) is 18.8 Å². The number of nitrogens with zero attached hydrogens (tertiary/aromatic N) is 1. The van der Waals surface area contributed by atoms with Crippen molar-refractivity contribution >= 4 is 23.5 Å². The monoisotopic (exact) mass is 375 g/mol. The summed E-state index contributed by atoms with van der Waals surface area (Å²) in [6.07, 6.45) is 0. The van der Waals surface area contributed by atoms with Crippen molar-refractivity contribution in [1.82, 2.24) is 9.88 Å². The summed E-state index contributed by atoms with van der Waals surface area (Å²) in [6.45, 7) is 5.62. The van der Waals surface area contributed by atoms with E-state index in [2.05, 4.69) is 10.6 Å². The van der Waals surface area contributed by atoms with Crippen LogP contribution in [0, 0.1) is 19.7 Å². The van der Waals surface area contributed by atoms with Crippen molar-refractivity contribution in [3.8, 4) is 0 Å². The maximum Gasteiger partial charge on any atom is 0.340 e. The van der Waals surface area contributed by atoms with Gasteiger partial charge in [0.05, 0.1) is 12.1 Å². The van der Waals surface area contributed by atoms with Crippen molar-refractivity contribution in [2.75, 3.05) is 18.5 Å². The zero-order chi connectivity index (χ0) is 20.0. The molecule has 0 bridgehead atoms. The molecule has 1 aromatic carbocycles. The summed E-state index contributed by atoms with van der Waals surface area (Å²) in [4.78, 5) is 35.7. The number of carbonyl (C=O) groups excluding carboxylic acids is 3. The number of rotatable bonds is 7. The number of esters is 1. The lowest BCUT2D eigenvalue weighted by Crippen LogP contribution is -2.35. The quantitative estimate of drug-likeness (QED) is 0.726. The zero-order valence-electron chi connectivity index (χ0n) is 15.5. The van der Waals surface area contributed by atoms with Crippen molar-refractivity contribution < 1.29 is 23.5 Å². The Balaban J connectivity index is 1.78. The Bertz CT molecular complexity index is 843. The van der Waals surface area contributed by atoms with Crippen molar-refractivity contribution in [2.24, 2.45) is 0 Å². The topological polar surface area (TPSA) is 89.4 Å². The molecule has 2 amide bonds. The largest absolute Gasteiger partial charge is 0.452 e. The third-order valence-corrected chi connectivity index (χ3v) is 4.02. The van der Waals surface area contributed by atoms with Gasteiger partial charge < -0.3 is 19.9 Å². The van der Waals surface area contributed by atoms with Gasteiger partial charge in [0, 0.05) is 23.6 Å². The third kappa shape index (κ3) is 5.40. The summed E-state index contributed by atoms with van der Waals surface area (Å²) < 4.78 is 19.8. The van der Waals surface area contributed by atoms with E-state index in [0.717, 1.165) is 17.9 Å². The molecular formula is C19H22FN3O4. The number of aromatic nitrogens is 1. The highest BCUT2D eigenvalue weighted by Crippen LogP contribution is 2.16. The van der Waals surface area contributed by atoms with E-state index in [1.807, 2.05) is 25.3 Å². The molecule has 1 aromatic heterocycles.